The summed E-state index contributed by atoms with van der Waals surface area (Å²) in [5.41, 5.74) is 5.27. The number of hydrogen-bond donors (Lipinski definition) is 1. The molecule has 0 radical (unpaired) electrons. The molecule has 1 fully saturated rings. The van der Waals surface area contributed by atoms with E-state index in [0.717, 1.165) is 0 Å². The number of rotatable bonds is 3. The molecule has 0 amide bonds. The second-order valence-electron chi connectivity index (χ2n) is 3.25. The summed E-state index contributed by atoms with van der Waals surface area (Å²) < 4.78 is 0. The summed E-state index contributed by atoms with van der Waals surface area (Å²) in [5, 5.41) is 0. The van der Waals surface area contributed by atoms with Gasteiger partial charge in [0.05, 0.1) is 0 Å². The quantitative estimate of drug-likeness (QED) is 0.632. The van der Waals surface area contributed by atoms with E-state index < -0.39 is 0 Å². The van der Waals surface area contributed by atoms with E-state index in [2.05, 4.69) is 13.8 Å². The maximum atomic E-state index is 11.1. The molecule has 0 aromatic carbocycles. The van der Waals surface area contributed by atoms with Crippen molar-refractivity contribution in [2.24, 2.45) is 23.5 Å². The number of hydrogen-bond acceptors (Lipinski definition) is 2. The Labute approximate surface area is 61.8 Å². The van der Waals surface area contributed by atoms with Gasteiger partial charge in [0.25, 0.3) is 0 Å². The van der Waals surface area contributed by atoms with E-state index >= 15 is 0 Å². The van der Waals surface area contributed by atoms with Crippen LogP contribution >= 0.6 is 0 Å². The van der Waals surface area contributed by atoms with E-state index in [4.69, 9.17) is 5.73 Å². The highest BCUT2D eigenvalue weighted by atomic mass is 16.1. The molecule has 0 aliphatic heterocycles. The monoisotopic (exact) mass is 141 g/mol. The minimum absolute atomic E-state index is 0.337. The zero-order chi connectivity index (χ0) is 7.72. The van der Waals surface area contributed by atoms with Gasteiger partial charge in [0.15, 0.2) is 0 Å². The van der Waals surface area contributed by atoms with Crippen molar-refractivity contribution < 1.29 is 4.79 Å². The van der Waals surface area contributed by atoms with Gasteiger partial charge in [-0.15, -0.1) is 0 Å². The van der Waals surface area contributed by atoms with E-state index in [-0.39, 0.29) is 0 Å². The SMILES string of the molecule is CC1C(C)C1C(=O)CCN. The maximum absolute atomic E-state index is 11.1. The molecule has 0 aromatic rings. The zero-order valence-corrected chi connectivity index (χ0v) is 6.63. The van der Waals surface area contributed by atoms with Crippen LogP contribution in [-0.2, 0) is 4.79 Å². The van der Waals surface area contributed by atoms with E-state index in [1.165, 1.54) is 0 Å². The Kier molecular flexibility index (Phi) is 2.09. The second kappa shape index (κ2) is 2.70. The average molecular weight is 141 g/mol. The minimum atomic E-state index is 0.337. The minimum Gasteiger partial charge on any atom is -0.330 e. The maximum Gasteiger partial charge on any atom is 0.137 e. The van der Waals surface area contributed by atoms with Crippen molar-refractivity contribution in [3.63, 3.8) is 0 Å². The molecule has 1 aliphatic carbocycles. The fourth-order valence-electron chi connectivity index (χ4n) is 1.56. The molecule has 0 heterocycles. The topological polar surface area (TPSA) is 43.1 Å². The molecule has 1 aliphatic rings. The summed E-state index contributed by atoms with van der Waals surface area (Å²) in [7, 11) is 0. The molecule has 2 atom stereocenters. The molecular weight excluding hydrogens is 126 g/mol. The van der Waals surface area contributed by atoms with Crippen LogP contribution in [0.25, 0.3) is 0 Å². The highest BCUT2D eigenvalue weighted by Gasteiger charge is 2.46. The lowest BCUT2D eigenvalue weighted by Gasteiger charge is -1.93. The Hall–Kier alpha value is -0.370. The van der Waals surface area contributed by atoms with Crippen LogP contribution in [0.3, 0.4) is 0 Å². The van der Waals surface area contributed by atoms with Gasteiger partial charge in [-0.25, -0.2) is 0 Å². The first-order chi connectivity index (χ1) is 4.68. The number of Topliss-reactive ketones (excluding diaryl/α,β-unsaturated/α-hetero) is 1. The molecule has 58 valence electrons. The normalized spacial score (nSPS) is 37.7. The van der Waals surface area contributed by atoms with Crippen LogP contribution < -0.4 is 5.73 Å². The highest BCUT2D eigenvalue weighted by molar-refractivity contribution is 5.84. The Morgan fingerprint density at radius 2 is 1.90 bits per heavy atom. The molecule has 2 unspecified atom stereocenters. The molecule has 0 saturated heterocycles. The first-order valence-corrected chi connectivity index (χ1v) is 3.91. The fourth-order valence-corrected chi connectivity index (χ4v) is 1.56. The van der Waals surface area contributed by atoms with Gasteiger partial charge in [0.1, 0.15) is 5.78 Å². The van der Waals surface area contributed by atoms with E-state index in [0.29, 0.717) is 36.5 Å². The standard InChI is InChI=1S/C8H15NO/c1-5-6(2)8(5)7(10)3-4-9/h5-6,8H,3-4,9H2,1-2H3. The van der Waals surface area contributed by atoms with Crippen molar-refractivity contribution in [2.45, 2.75) is 20.3 Å². The van der Waals surface area contributed by atoms with Gasteiger partial charge in [-0.3, -0.25) is 4.79 Å². The molecule has 0 aromatic heterocycles. The Balaban J connectivity index is 2.31. The summed E-state index contributed by atoms with van der Waals surface area (Å²) in [6.45, 7) is 4.77. The third kappa shape index (κ3) is 1.21. The van der Waals surface area contributed by atoms with Gasteiger partial charge in [-0.2, -0.15) is 0 Å². The van der Waals surface area contributed by atoms with Crippen molar-refractivity contribution in [2.75, 3.05) is 6.54 Å². The Morgan fingerprint density at radius 3 is 2.20 bits per heavy atom. The van der Waals surface area contributed by atoms with Gasteiger partial charge >= 0.3 is 0 Å². The second-order valence-corrected chi connectivity index (χ2v) is 3.25. The fraction of sp³-hybridized carbons (Fsp3) is 0.875. The van der Waals surface area contributed by atoms with Gasteiger partial charge in [-0.05, 0) is 18.4 Å². The molecule has 10 heavy (non-hydrogen) atoms. The number of nitrogens with two attached hydrogens (primary N) is 1. The van der Waals surface area contributed by atoms with Crippen LogP contribution in [0.15, 0.2) is 0 Å². The van der Waals surface area contributed by atoms with Crippen LogP contribution in [-0.4, -0.2) is 12.3 Å². The third-order valence-corrected chi connectivity index (χ3v) is 2.58. The molecule has 2 heteroatoms. The van der Waals surface area contributed by atoms with Gasteiger partial charge < -0.3 is 5.73 Å². The Morgan fingerprint density at radius 1 is 1.40 bits per heavy atom. The largest absolute Gasteiger partial charge is 0.330 e. The van der Waals surface area contributed by atoms with Crippen molar-refractivity contribution in [1.82, 2.24) is 0 Å². The first kappa shape index (κ1) is 7.73. The van der Waals surface area contributed by atoms with E-state index in [1.54, 1.807) is 0 Å². The summed E-state index contributed by atoms with van der Waals surface area (Å²) >= 11 is 0. The van der Waals surface area contributed by atoms with Crippen molar-refractivity contribution >= 4 is 5.78 Å². The molecule has 0 spiro atoms. The summed E-state index contributed by atoms with van der Waals surface area (Å²) in [6.07, 6.45) is 0.569. The first-order valence-electron chi connectivity index (χ1n) is 3.91. The molecular formula is C8H15NO. The molecule has 2 N–H and O–H groups in total. The molecule has 1 rings (SSSR count). The zero-order valence-electron chi connectivity index (χ0n) is 6.63. The third-order valence-electron chi connectivity index (χ3n) is 2.58. The lowest BCUT2D eigenvalue weighted by atomic mass is 10.1. The van der Waals surface area contributed by atoms with Gasteiger partial charge in [0.2, 0.25) is 0 Å². The van der Waals surface area contributed by atoms with Gasteiger partial charge in [-0.1, -0.05) is 13.8 Å². The van der Waals surface area contributed by atoms with Gasteiger partial charge in [0, 0.05) is 12.3 Å². The summed E-state index contributed by atoms with van der Waals surface area (Å²) in [6, 6.07) is 0. The Bertz CT molecular complexity index is 136. The van der Waals surface area contributed by atoms with Crippen molar-refractivity contribution in [3.8, 4) is 0 Å². The summed E-state index contributed by atoms with van der Waals surface area (Å²) in [5.74, 6) is 1.92. The van der Waals surface area contributed by atoms with Crippen LogP contribution in [0.5, 0.6) is 0 Å². The van der Waals surface area contributed by atoms with Crippen molar-refractivity contribution in [1.29, 1.82) is 0 Å². The predicted molar refractivity (Wildman–Crippen MR) is 40.5 cm³/mol. The molecule has 0 bridgehead atoms. The van der Waals surface area contributed by atoms with Crippen LogP contribution in [0.1, 0.15) is 20.3 Å². The average Bonchev–Trinajstić information content (AvgIpc) is 2.42. The van der Waals surface area contributed by atoms with Crippen molar-refractivity contribution in [3.05, 3.63) is 0 Å². The van der Waals surface area contributed by atoms with Crippen LogP contribution in [0, 0.1) is 17.8 Å². The van der Waals surface area contributed by atoms with Crippen LogP contribution in [0.4, 0.5) is 0 Å². The van der Waals surface area contributed by atoms with Crippen LogP contribution in [0.2, 0.25) is 0 Å². The lowest BCUT2D eigenvalue weighted by molar-refractivity contribution is -0.120. The molecule has 2 nitrogen and oxygen atoms in total. The lowest BCUT2D eigenvalue weighted by Crippen LogP contribution is -2.10. The number of carbonyl (C=O) groups is 1. The summed E-state index contributed by atoms with van der Waals surface area (Å²) in [4.78, 5) is 11.1. The van der Waals surface area contributed by atoms with E-state index in [1.807, 2.05) is 0 Å². The van der Waals surface area contributed by atoms with E-state index in [9.17, 15) is 4.79 Å². The highest BCUT2D eigenvalue weighted by Crippen LogP contribution is 2.46. The predicted octanol–water partition coefficient (Wildman–Crippen LogP) is 0.806. The number of carbonyl (C=O) groups excluding carboxylic acids is 1. The smallest absolute Gasteiger partial charge is 0.137 e. The number of ketones is 1. The molecule has 1 saturated carbocycles.